The number of hydrogen-bond acceptors (Lipinski definition) is 2. The Morgan fingerprint density at radius 1 is 1.07 bits per heavy atom. The van der Waals surface area contributed by atoms with Crippen molar-refractivity contribution in [3.63, 3.8) is 0 Å². The Morgan fingerprint density at radius 2 is 1.86 bits per heavy atom. The van der Waals surface area contributed by atoms with Gasteiger partial charge in [-0.25, -0.2) is 4.39 Å². The molecule has 1 unspecified atom stereocenters. The summed E-state index contributed by atoms with van der Waals surface area (Å²) in [4.78, 5) is 13.7. The summed E-state index contributed by atoms with van der Waals surface area (Å²) in [5.74, 6) is -0.841. The van der Waals surface area contributed by atoms with Gasteiger partial charge in [-0.3, -0.25) is 4.79 Å². The van der Waals surface area contributed by atoms with Crippen molar-refractivity contribution in [2.75, 3.05) is 11.9 Å². The maximum absolute atomic E-state index is 15.1. The number of halogens is 3. The molecular weight excluding hydrogens is 398 g/mol. The smallest absolute Gasteiger partial charge is 0.237 e. The molecule has 2 aromatic carbocycles. The number of carbonyl (C=O) groups excluding carboxylic acids is 1. The van der Waals surface area contributed by atoms with E-state index in [0.717, 1.165) is 43.4 Å². The normalized spacial score (nSPS) is 28.0. The first-order valence-electron chi connectivity index (χ1n) is 9.80. The van der Waals surface area contributed by atoms with E-state index < -0.39 is 16.8 Å². The van der Waals surface area contributed by atoms with Crippen LogP contribution in [0.1, 0.15) is 49.1 Å². The van der Waals surface area contributed by atoms with Gasteiger partial charge in [0.1, 0.15) is 11.2 Å². The van der Waals surface area contributed by atoms with Gasteiger partial charge in [-0.2, -0.15) is 0 Å². The van der Waals surface area contributed by atoms with Crippen LogP contribution < -0.4 is 10.6 Å². The minimum absolute atomic E-state index is 0.0685. The monoisotopic (exact) mass is 418 g/mol. The van der Waals surface area contributed by atoms with Crippen molar-refractivity contribution < 1.29 is 9.18 Å². The average molecular weight is 419 g/mol. The Kier molecular flexibility index (Phi) is 4.24. The van der Waals surface area contributed by atoms with Crippen molar-refractivity contribution in [1.29, 1.82) is 0 Å². The van der Waals surface area contributed by atoms with Crippen molar-refractivity contribution in [1.82, 2.24) is 5.32 Å². The highest BCUT2D eigenvalue weighted by Crippen LogP contribution is 2.60. The first-order valence-corrected chi connectivity index (χ1v) is 10.6. The number of hydrogen-bond donors (Lipinski definition) is 2. The van der Waals surface area contributed by atoms with Crippen molar-refractivity contribution in [2.45, 2.75) is 49.0 Å². The van der Waals surface area contributed by atoms with E-state index in [1.165, 1.54) is 0 Å². The Labute approximate surface area is 173 Å². The van der Waals surface area contributed by atoms with Crippen LogP contribution in [0.3, 0.4) is 0 Å². The molecule has 3 nitrogen and oxygen atoms in total. The lowest BCUT2D eigenvalue weighted by molar-refractivity contribution is -0.124. The third kappa shape index (κ3) is 2.28. The maximum Gasteiger partial charge on any atom is 0.237 e. The highest BCUT2D eigenvalue weighted by atomic mass is 35.5. The zero-order valence-corrected chi connectivity index (χ0v) is 16.8. The van der Waals surface area contributed by atoms with Gasteiger partial charge in [0.15, 0.2) is 0 Å². The number of benzene rings is 2. The quantitative estimate of drug-likeness (QED) is 0.649. The van der Waals surface area contributed by atoms with Crippen LogP contribution >= 0.6 is 23.2 Å². The largest absolute Gasteiger partial charge is 0.325 e. The van der Waals surface area contributed by atoms with E-state index in [0.29, 0.717) is 17.1 Å². The van der Waals surface area contributed by atoms with Crippen LogP contribution in [0.15, 0.2) is 36.4 Å². The lowest BCUT2D eigenvalue weighted by Gasteiger charge is -2.47. The Balaban J connectivity index is 1.78. The summed E-state index contributed by atoms with van der Waals surface area (Å²) in [5.41, 5.74) is 0.879. The number of amides is 1. The molecule has 1 saturated carbocycles. The molecule has 2 N–H and O–H groups in total. The summed E-state index contributed by atoms with van der Waals surface area (Å²) in [6.45, 7) is 0.534. The highest BCUT2D eigenvalue weighted by molar-refractivity contribution is 6.31. The molecule has 28 heavy (non-hydrogen) atoms. The van der Waals surface area contributed by atoms with Gasteiger partial charge in [-0.05, 0) is 42.2 Å². The van der Waals surface area contributed by atoms with Crippen LogP contribution in [-0.4, -0.2) is 18.0 Å². The number of nitrogens with one attached hydrogen (secondary N) is 2. The number of anilines is 1. The molecule has 2 spiro atoms. The fourth-order valence-corrected chi connectivity index (χ4v) is 6.26. The van der Waals surface area contributed by atoms with Crippen LogP contribution in [0.5, 0.6) is 0 Å². The fourth-order valence-electron chi connectivity index (χ4n) is 5.91. The van der Waals surface area contributed by atoms with E-state index in [4.69, 9.17) is 23.2 Å². The Hall–Kier alpha value is -1.62. The zero-order chi connectivity index (χ0) is 19.5. The second kappa shape index (κ2) is 6.45. The minimum atomic E-state index is -0.876. The standard InChI is InChI=1S/C22H21Cl2FN2O/c23-13-7-8-15-18(11-13)27-20(28)22(15)16(14-5-4-6-17(24)19(14)25)12-26-21(22)9-2-1-3-10-21/h4-8,11,16,26H,1-3,9-10,12H2,(H,27,28)/t16?,22-/m1/s1. The van der Waals surface area contributed by atoms with Gasteiger partial charge < -0.3 is 10.6 Å². The second-order valence-corrected chi connectivity index (χ2v) is 9.01. The van der Waals surface area contributed by atoms with Crippen LogP contribution in [0.4, 0.5) is 10.1 Å². The molecule has 2 heterocycles. The van der Waals surface area contributed by atoms with E-state index in [2.05, 4.69) is 10.6 Å². The first-order chi connectivity index (χ1) is 13.5. The van der Waals surface area contributed by atoms with E-state index in [-0.39, 0.29) is 16.8 Å². The third-order valence-electron chi connectivity index (χ3n) is 7.00. The van der Waals surface area contributed by atoms with Crippen molar-refractivity contribution in [3.8, 4) is 0 Å². The van der Waals surface area contributed by atoms with Crippen LogP contribution in [0.25, 0.3) is 0 Å². The van der Waals surface area contributed by atoms with Crippen LogP contribution in [0, 0.1) is 5.82 Å². The van der Waals surface area contributed by atoms with Gasteiger partial charge >= 0.3 is 0 Å². The van der Waals surface area contributed by atoms with Crippen LogP contribution in [0.2, 0.25) is 10.0 Å². The lowest BCUT2D eigenvalue weighted by atomic mass is 9.56. The van der Waals surface area contributed by atoms with Crippen molar-refractivity contribution >= 4 is 34.8 Å². The van der Waals surface area contributed by atoms with Gasteiger partial charge in [0.25, 0.3) is 0 Å². The molecule has 2 aromatic rings. The van der Waals surface area contributed by atoms with Crippen molar-refractivity contribution in [2.24, 2.45) is 0 Å². The summed E-state index contributed by atoms with van der Waals surface area (Å²) in [6.07, 6.45) is 5.04. The number of fused-ring (bicyclic) bond motifs is 3. The molecule has 2 fully saturated rings. The summed E-state index contributed by atoms with van der Waals surface area (Å²) < 4.78 is 15.1. The van der Waals surface area contributed by atoms with Gasteiger partial charge in [0.2, 0.25) is 5.91 Å². The molecule has 2 atom stereocenters. The fraction of sp³-hybridized carbons (Fsp3) is 0.409. The molecule has 6 heteroatoms. The van der Waals surface area contributed by atoms with E-state index in [9.17, 15) is 4.79 Å². The molecule has 2 aliphatic heterocycles. The van der Waals surface area contributed by atoms with E-state index in [1.807, 2.05) is 12.1 Å². The second-order valence-electron chi connectivity index (χ2n) is 8.17. The Morgan fingerprint density at radius 3 is 2.64 bits per heavy atom. The average Bonchev–Trinajstić information content (AvgIpc) is 3.15. The molecule has 1 aliphatic carbocycles. The SMILES string of the molecule is O=C1Nc2cc(Cl)ccc2[C@@]12C(c1cccc(Cl)c1F)CNC21CCCCC1. The summed E-state index contributed by atoms with van der Waals surface area (Å²) in [5, 5.41) is 7.40. The molecule has 1 saturated heterocycles. The summed E-state index contributed by atoms with van der Waals surface area (Å²) >= 11 is 12.3. The zero-order valence-electron chi connectivity index (χ0n) is 15.3. The molecule has 1 amide bonds. The minimum Gasteiger partial charge on any atom is -0.325 e. The topological polar surface area (TPSA) is 41.1 Å². The molecule has 146 valence electrons. The molecule has 0 bridgehead atoms. The summed E-state index contributed by atoms with van der Waals surface area (Å²) in [7, 11) is 0. The van der Waals surface area contributed by atoms with E-state index >= 15 is 4.39 Å². The molecule has 5 rings (SSSR count). The number of carbonyl (C=O) groups is 1. The third-order valence-corrected chi connectivity index (χ3v) is 7.53. The predicted octanol–water partition coefficient (Wildman–Crippen LogP) is 5.41. The van der Waals surface area contributed by atoms with Crippen LogP contribution in [-0.2, 0) is 10.2 Å². The molecule has 0 aromatic heterocycles. The summed E-state index contributed by atoms with van der Waals surface area (Å²) in [6, 6.07) is 10.6. The first kappa shape index (κ1) is 18.4. The highest BCUT2D eigenvalue weighted by Gasteiger charge is 2.68. The number of rotatable bonds is 1. The predicted molar refractivity (Wildman–Crippen MR) is 110 cm³/mol. The van der Waals surface area contributed by atoms with Gasteiger partial charge in [-0.15, -0.1) is 0 Å². The van der Waals surface area contributed by atoms with Crippen molar-refractivity contribution in [3.05, 3.63) is 63.4 Å². The van der Waals surface area contributed by atoms with E-state index in [1.54, 1.807) is 24.3 Å². The van der Waals surface area contributed by atoms with Gasteiger partial charge in [0, 0.05) is 28.7 Å². The molecule has 0 radical (unpaired) electrons. The van der Waals surface area contributed by atoms with Gasteiger partial charge in [0.05, 0.1) is 5.02 Å². The van der Waals surface area contributed by atoms with Gasteiger partial charge in [-0.1, -0.05) is 60.7 Å². The molecule has 3 aliphatic rings. The Bertz CT molecular complexity index is 973. The maximum atomic E-state index is 15.1. The lowest BCUT2D eigenvalue weighted by Crippen LogP contribution is -2.60. The molecular formula is C22H21Cl2FN2O.